The molecule has 0 aliphatic heterocycles. The zero-order valence-corrected chi connectivity index (χ0v) is 19.8. The quantitative estimate of drug-likeness (QED) is 0.278. The Bertz CT molecular complexity index is 1520. The predicted molar refractivity (Wildman–Crippen MR) is 138 cm³/mol. The maximum absolute atomic E-state index is 13.8. The zero-order valence-electron chi connectivity index (χ0n) is 19.8. The summed E-state index contributed by atoms with van der Waals surface area (Å²) in [6.07, 6.45) is 4.32. The Labute approximate surface area is 208 Å². The molecule has 0 unspecified atom stereocenters. The molecule has 8 heteroatoms. The van der Waals surface area contributed by atoms with Gasteiger partial charge >= 0.3 is 0 Å². The predicted octanol–water partition coefficient (Wildman–Crippen LogP) is 3.82. The lowest BCUT2D eigenvalue weighted by Crippen LogP contribution is -2.30. The molecule has 0 saturated heterocycles. The van der Waals surface area contributed by atoms with Gasteiger partial charge < -0.3 is 16.0 Å². The second kappa shape index (κ2) is 9.97. The molecule has 3 aromatic carbocycles. The first-order valence-corrected chi connectivity index (χ1v) is 11.7. The molecular weight excluding hydrogens is 452 g/mol. The summed E-state index contributed by atoms with van der Waals surface area (Å²) in [5, 5.41) is 12.5. The Morgan fingerprint density at radius 1 is 1.06 bits per heavy atom. The molecule has 0 radical (unpaired) electrons. The molecule has 8 nitrogen and oxygen atoms in total. The molecule has 0 spiro atoms. The molecule has 0 aliphatic carbocycles. The smallest absolute Gasteiger partial charge is 0.248 e. The van der Waals surface area contributed by atoms with E-state index < -0.39 is 11.9 Å². The summed E-state index contributed by atoms with van der Waals surface area (Å²) in [4.78, 5) is 28.3. The van der Waals surface area contributed by atoms with Crippen LogP contribution in [0.25, 0.3) is 22.2 Å². The van der Waals surface area contributed by atoms with Crippen LogP contribution in [0.4, 0.5) is 0 Å². The molecule has 0 bridgehead atoms. The number of aryl methyl sites for hydroxylation is 1. The van der Waals surface area contributed by atoms with Gasteiger partial charge in [0.05, 0.1) is 12.2 Å². The number of nitrogens with zero attached hydrogens (tertiary/aromatic N) is 3. The van der Waals surface area contributed by atoms with Crippen molar-refractivity contribution in [1.82, 2.24) is 25.3 Å². The number of nitrogens with two attached hydrogens (primary N) is 1. The number of fused-ring (bicyclic) bond motifs is 1. The third-order valence-corrected chi connectivity index (χ3v) is 6.24. The van der Waals surface area contributed by atoms with Gasteiger partial charge in [0.2, 0.25) is 5.91 Å². The molecule has 180 valence electrons. The fourth-order valence-corrected chi connectivity index (χ4v) is 4.33. The van der Waals surface area contributed by atoms with Crippen molar-refractivity contribution in [3.63, 3.8) is 0 Å². The number of Topliss-reactive ketones (excluding diaryl/α,β-unsaturated/α-hetero) is 1. The summed E-state index contributed by atoms with van der Waals surface area (Å²) in [5.41, 5.74) is 10.9. The average molecular weight is 479 g/mol. The van der Waals surface area contributed by atoms with Gasteiger partial charge in [-0.1, -0.05) is 59.8 Å². The van der Waals surface area contributed by atoms with Crippen LogP contribution in [-0.4, -0.2) is 38.2 Å². The number of aromatic amines is 1. The third kappa shape index (κ3) is 4.80. The minimum absolute atomic E-state index is 0.0104. The highest BCUT2D eigenvalue weighted by molar-refractivity contribution is 6.11. The van der Waals surface area contributed by atoms with E-state index in [0.29, 0.717) is 24.1 Å². The van der Waals surface area contributed by atoms with E-state index in [1.165, 1.54) is 0 Å². The van der Waals surface area contributed by atoms with Crippen LogP contribution in [0.1, 0.15) is 37.9 Å². The van der Waals surface area contributed by atoms with Gasteiger partial charge in [-0.15, -0.1) is 5.10 Å². The van der Waals surface area contributed by atoms with Crippen LogP contribution in [0.3, 0.4) is 0 Å². The number of ketones is 1. The van der Waals surface area contributed by atoms with Crippen LogP contribution in [0.2, 0.25) is 0 Å². The van der Waals surface area contributed by atoms with Crippen LogP contribution in [0.5, 0.6) is 0 Å². The molecule has 5 rings (SSSR count). The number of carbonyl (C=O) groups is 2. The fraction of sp³-hybridized carbons (Fsp3) is 0.143. The van der Waals surface area contributed by atoms with E-state index in [-0.39, 0.29) is 5.78 Å². The fourth-order valence-electron chi connectivity index (χ4n) is 4.33. The Morgan fingerprint density at radius 3 is 2.53 bits per heavy atom. The van der Waals surface area contributed by atoms with Crippen molar-refractivity contribution in [2.75, 3.05) is 6.54 Å². The van der Waals surface area contributed by atoms with Gasteiger partial charge in [0.25, 0.3) is 0 Å². The molecule has 0 saturated carbocycles. The van der Waals surface area contributed by atoms with Crippen molar-refractivity contribution in [3.8, 4) is 11.3 Å². The summed E-state index contributed by atoms with van der Waals surface area (Å²) in [5.74, 6) is -0.458. The maximum Gasteiger partial charge on any atom is 0.248 e. The van der Waals surface area contributed by atoms with E-state index in [4.69, 9.17) is 5.73 Å². The zero-order chi connectivity index (χ0) is 25.1. The summed E-state index contributed by atoms with van der Waals surface area (Å²) in [7, 11) is 1.83. The topological polar surface area (TPSA) is 119 Å². The van der Waals surface area contributed by atoms with Crippen molar-refractivity contribution in [2.24, 2.45) is 12.8 Å². The van der Waals surface area contributed by atoms with Gasteiger partial charge in [-0.05, 0) is 35.7 Å². The number of carbonyl (C=O) groups excluding carboxylic acids is 2. The van der Waals surface area contributed by atoms with Gasteiger partial charge in [-0.2, -0.15) is 0 Å². The Hall–Kier alpha value is -4.56. The van der Waals surface area contributed by atoms with Crippen LogP contribution in [-0.2, 0) is 13.5 Å². The second-order valence-electron chi connectivity index (χ2n) is 8.71. The third-order valence-electron chi connectivity index (χ3n) is 6.24. The Kier molecular flexibility index (Phi) is 6.42. The first kappa shape index (κ1) is 23.2. The number of H-pyrrole nitrogens is 1. The molecule has 2 aromatic heterocycles. The molecule has 0 aliphatic rings. The number of hydrogen-bond acceptors (Lipinski definition) is 5. The van der Waals surface area contributed by atoms with Crippen molar-refractivity contribution in [2.45, 2.75) is 12.5 Å². The van der Waals surface area contributed by atoms with E-state index in [2.05, 4.69) is 20.6 Å². The molecule has 2 heterocycles. The number of amides is 1. The minimum Gasteiger partial charge on any atom is -0.366 e. The van der Waals surface area contributed by atoms with Gasteiger partial charge in [0.1, 0.15) is 5.69 Å². The molecule has 1 atom stereocenters. The molecule has 1 amide bonds. The molecule has 0 fully saturated rings. The van der Waals surface area contributed by atoms with E-state index in [9.17, 15) is 9.59 Å². The summed E-state index contributed by atoms with van der Waals surface area (Å²) >= 11 is 0. The first-order valence-electron chi connectivity index (χ1n) is 11.7. The number of benzene rings is 3. The van der Waals surface area contributed by atoms with Gasteiger partial charge in [-0.3, -0.25) is 14.3 Å². The van der Waals surface area contributed by atoms with E-state index in [1.807, 2.05) is 73.9 Å². The number of aromatic nitrogens is 4. The Morgan fingerprint density at radius 2 is 1.83 bits per heavy atom. The normalized spacial score (nSPS) is 12.0. The highest BCUT2D eigenvalue weighted by Crippen LogP contribution is 2.28. The lowest BCUT2D eigenvalue weighted by Gasteiger charge is -2.18. The molecule has 5 aromatic rings. The number of rotatable bonds is 9. The lowest BCUT2D eigenvalue weighted by atomic mass is 9.96. The standard InChI is InChI=1S/C28H26N6O2/c1-34-17-25(32-33-34)21-11-12-22-23(16-31-24(22)15-21)27(35)26(19-5-3-2-4-6-19)30-14-13-18-7-9-20(10-8-18)28(29)36/h2-12,15-17,26,30-31H,13-14H2,1H3,(H2,29,36)/t26-/m0/s1. The van der Waals surface area contributed by atoms with Crippen LogP contribution in [0.15, 0.2) is 85.2 Å². The molecular formula is C28H26N6O2. The highest BCUT2D eigenvalue weighted by Gasteiger charge is 2.24. The summed E-state index contributed by atoms with van der Waals surface area (Å²) < 4.78 is 1.66. The van der Waals surface area contributed by atoms with Crippen LogP contribution >= 0.6 is 0 Å². The van der Waals surface area contributed by atoms with Gasteiger partial charge in [-0.25, -0.2) is 0 Å². The van der Waals surface area contributed by atoms with Crippen LogP contribution in [0, 0.1) is 0 Å². The van der Waals surface area contributed by atoms with Gasteiger partial charge in [0, 0.05) is 47.4 Å². The minimum atomic E-state index is -0.505. The SMILES string of the molecule is Cn1cc(-c2ccc3c(C(=O)[C@@H](NCCc4ccc(C(N)=O)cc4)c4ccccc4)c[nH]c3c2)nn1. The number of nitrogens with one attached hydrogen (secondary N) is 2. The average Bonchev–Trinajstić information content (AvgIpc) is 3.53. The van der Waals surface area contributed by atoms with Crippen LogP contribution < -0.4 is 11.1 Å². The van der Waals surface area contributed by atoms with Crippen molar-refractivity contribution in [3.05, 3.63) is 107 Å². The lowest BCUT2D eigenvalue weighted by molar-refractivity contribution is 0.0943. The summed E-state index contributed by atoms with van der Waals surface area (Å²) in [6.45, 7) is 0.584. The van der Waals surface area contributed by atoms with E-state index in [1.54, 1.807) is 23.0 Å². The highest BCUT2D eigenvalue weighted by atomic mass is 16.1. The van der Waals surface area contributed by atoms with E-state index >= 15 is 0 Å². The molecule has 36 heavy (non-hydrogen) atoms. The van der Waals surface area contributed by atoms with Gasteiger partial charge in [0.15, 0.2) is 5.78 Å². The monoisotopic (exact) mass is 478 g/mol. The first-order chi connectivity index (χ1) is 17.5. The number of hydrogen-bond donors (Lipinski definition) is 3. The largest absolute Gasteiger partial charge is 0.366 e. The second-order valence-corrected chi connectivity index (χ2v) is 8.71. The maximum atomic E-state index is 13.8. The van der Waals surface area contributed by atoms with Crippen molar-refractivity contribution in [1.29, 1.82) is 0 Å². The van der Waals surface area contributed by atoms with E-state index in [0.717, 1.165) is 33.3 Å². The van der Waals surface area contributed by atoms with Crippen molar-refractivity contribution >= 4 is 22.6 Å². The molecule has 4 N–H and O–H groups in total. The summed E-state index contributed by atoms with van der Waals surface area (Å²) in [6, 6.07) is 22.3. The van der Waals surface area contributed by atoms with Crippen molar-refractivity contribution < 1.29 is 9.59 Å². The number of primary amides is 1. The Balaban J connectivity index is 1.37.